The van der Waals surface area contributed by atoms with Gasteiger partial charge in [-0.1, -0.05) is 147 Å². The summed E-state index contributed by atoms with van der Waals surface area (Å²) in [6.07, 6.45) is 1.33. The van der Waals surface area contributed by atoms with Crippen LogP contribution < -0.4 is 5.19 Å². The molecule has 0 spiro atoms. The molecule has 4 aromatic rings. The molecule has 1 fully saturated rings. The van der Waals surface area contributed by atoms with E-state index < -0.39 is 13.7 Å². The van der Waals surface area contributed by atoms with Crippen molar-refractivity contribution in [2.45, 2.75) is 56.5 Å². The summed E-state index contributed by atoms with van der Waals surface area (Å²) in [5, 5.41) is 1.33. The molecule has 2 atom stereocenters. The van der Waals surface area contributed by atoms with Gasteiger partial charge in [0.25, 0.3) is 0 Å². The van der Waals surface area contributed by atoms with Gasteiger partial charge in [-0.25, -0.2) is 0 Å². The molecule has 2 amide bonds. The third kappa shape index (κ3) is 5.83. The number of rotatable bonds is 10. The van der Waals surface area contributed by atoms with Crippen molar-refractivity contribution >= 4 is 25.1 Å². The Morgan fingerprint density at radius 1 is 0.805 bits per heavy atom. The van der Waals surface area contributed by atoms with Crippen molar-refractivity contribution in [3.63, 3.8) is 0 Å². The molecule has 0 radical (unpaired) electrons. The fourth-order valence-electron chi connectivity index (χ4n) is 6.00. The molecule has 0 N–H and O–H groups in total. The van der Waals surface area contributed by atoms with E-state index in [1.807, 2.05) is 60.7 Å². The zero-order valence-electron chi connectivity index (χ0n) is 24.2. The van der Waals surface area contributed by atoms with Gasteiger partial charge < -0.3 is 4.74 Å². The van der Waals surface area contributed by atoms with E-state index in [1.54, 1.807) is 0 Å². The highest BCUT2D eigenvalue weighted by Crippen LogP contribution is 2.41. The predicted molar refractivity (Wildman–Crippen MR) is 168 cm³/mol. The molecule has 5 heteroatoms. The highest BCUT2D eigenvalue weighted by atomic mass is 28.3. The standard InChI is InChI=1S/C36H39NO3Si/c1-28(41(2,3)33-22-14-7-15-23-33)26-35(39)37-32(24-25-34(37)38)27-40-36(29-16-8-4-9-17-29,30-18-10-5-11-19-30)31-20-12-6-13-21-31/h4-23,28,32H,24-27H2,1-3H3/t28-,32+/m1/s1. The highest BCUT2D eigenvalue weighted by molar-refractivity contribution is 6.91. The van der Waals surface area contributed by atoms with Gasteiger partial charge in [0.15, 0.2) is 0 Å². The van der Waals surface area contributed by atoms with E-state index in [0.717, 1.165) is 16.7 Å². The third-order valence-electron chi connectivity index (χ3n) is 8.86. The molecule has 1 saturated heterocycles. The lowest BCUT2D eigenvalue weighted by atomic mass is 9.80. The summed E-state index contributed by atoms with van der Waals surface area (Å²) >= 11 is 0. The van der Waals surface area contributed by atoms with Crippen LogP contribution in [0.15, 0.2) is 121 Å². The van der Waals surface area contributed by atoms with E-state index in [-0.39, 0.29) is 30.0 Å². The molecule has 41 heavy (non-hydrogen) atoms. The zero-order chi connectivity index (χ0) is 28.9. The zero-order valence-corrected chi connectivity index (χ0v) is 25.2. The summed E-state index contributed by atoms with van der Waals surface area (Å²) in [4.78, 5) is 28.4. The predicted octanol–water partition coefficient (Wildman–Crippen LogP) is 6.91. The van der Waals surface area contributed by atoms with Gasteiger partial charge in [-0.2, -0.15) is 0 Å². The number of likely N-dealkylation sites (tertiary alicyclic amines) is 1. The minimum Gasteiger partial charge on any atom is -0.359 e. The van der Waals surface area contributed by atoms with Crippen LogP contribution in [-0.4, -0.2) is 37.4 Å². The van der Waals surface area contributed by atoms with Crippen molar-refractivity contribution in [2.75, 3.05) is 6.61 Å². The monoisotopic (exact) mass is 561 g/mol. The van der Waals surface area contributed by atoms with Gasteiger partial charge in [0.05, 0.1) is 20.7 Å². The summed E-state index contributed by atoms with van der Waals surface area (Å²) in [5.74, 6) is -0.186. The smallest absolute Gasteiger partial charge is 0.229 e. The van der Waals surface area contributed by atoms with Crippen LogP contribution in [0.1, 0.15) is 42.9 Å². The van der Waals surface area contributed by atoms with Crippen molar-refractivity contribution in [3.8, 4) is 0 Å². The van der Waals surface area contributed by atoms with Gasteiger partial charge in [-0.3, -0.25) is 14.5 Å². The van der Waals surface area contributed by atoms with E-state index in [1.165, 1.54) is 10.1 Å². The van der Waals surface area contributed by atoms with Crippen LogP contribution in [0.3, 0.4) is 0 Å². The Balaban J connectivity index is 1.43. The maximum atomic E-state index is 13.8. The number of amides is 2. The largest absolute Gasteiger partial charge is 0.359 e. The third-order valence-corrected chi connectivity index (χ3v) is 13.3. The van der Waals surface area contributed by atoms with E-state index in [9.17, 15) is 9.59 Å². The average molecular weight is 562 g/mol. The first-order chi connectivity index (χ1) is 19.8. The van der Waals surface area contributed by atoms with Crippen LogP contribution in [0.5, 0.6) is 0 Å². The molecule has 1 aliphatic rings. The highest BCUT2D eigenvalue weighted by Gasteiger charge is 2.43. The Kier molecular flexibility index (Phi) is 8.67. The molecule has 210 valence electrons. The number of ether oxygens (including phenoxy) is 1. The maximum absolute atomic E-state index is 13.8. The first-order valence-corrected chi connectivity index (χ1v) is 17.6. The number of carbonyl (C=O) groups is 2. The number of hydrogen-bond donors (Lipinski definition) is 0. The topological polar surface area (TPSA) is 46.6 Å². The second kappa shape index (κ2) is 12.4. The minimum atomic E-state index is -1.91. The molecular weight excluding hydrogens is 522 g/mol. The van der Waals surface area contributed by atoms with E-state index in [0.29, 0.717) is 19.3 Å². The van der Waals surface area contributed by atoms with Crippen LogP contribution in [0, 0.1) is 0 Å². The molecular formula is C36H39NO3Si. The summed E-state index contributed by atoms with van der Waals surface area (Å²) in [6.45, 7) is 7.03. The quantitative estimate of drug-likeness (QED) is 0.156. The molecule has 4 nitrogen and oxygen atoms in total. The number of benzene rings is 4. The summed E-state index contributed by atoms with van der Waals surface area (Å²) < 4.78 is 7.00. The normalized spacial score (nSPS) is 16.5. The summed E-state index contributed by atoms with van der Waals surface area (Å²) in [5.41, 5.74) is 2.31. The van der Waals surface area contributed by atoms with Crippen molar-refractivity contribution in [1.29, 1.82) is 0 Å². The fourth-order valence-corrected chi connectivity index (χ4v) is 8.31. The minimum absolute atomic E-state index is 0.0881. The number of imide groups is 1. The van der Waals surface area contributed by atoms with Crippen molar-refractivity contribution in [1.82, 2.24) is 4.90 Å². The SMILES string of the molecule is C[C@H](CC(=O)N1C(=O)CC[C@H]1COC(c1ccccc1)(c1ccccc1)c1ccccc1)[Si](C)(C)c1ccccc1. The van der Waals surface area contributed by atoms with Gasteiger partial charge in [-0.05, 0) is 28.7 Å². The maximum Gasteiger partial charge on any atom is 0.229 e. The van der Waals surface area contributed by atoms with Crippen LogP contribution in [-0.2, 0) is 19.9 Å². The van der Waals surface area contributed by atoms with E-state index in [4.69, 9.17) is 4.74 Å². The molecule has 1 heterocycles. The Labute approximate surface area is 245 Å². The molecule has 5 rings (SSSR count). The first kappa shape index (κ1) is 28.7. The van der Waals surface area contributed by atoms with Crippen LogP contribution in [0.25, 0.3) is 0 Å². The van der Waals surface area contributed by atoms with Crippen molar-refractivity contribution in [3.05, 3.63) is 138 Å². The van der Waals surface area contributed by atoms with Gasteiger partial charge in [0.2, 0.25) is 11.8 Å². The lowest BCUT2D eigenvalue weighted by molar-refractivity contribution is -0.146. The molecule has 0 unspecified atom stereocenters. The summed E-state index contributed by atoms with van der Waals surface area (Å²) in [6, 6.07) is 40.8. The van der Waals surface area contributed by atoms with E-state index in [2.05, 4.69) is 80.7 Å². The van der Waals surface area contributed by atoms with E-state index >= 15 is 0 Å². The molecule has 0 aromatic heterocycles. The number of nitrogens with zero attached hydrogens (tertiary/aromatic N) is 1. The van der Waals surface area contributed by atoms with Crippen LogP contribution >= 0.6 is 0 Å². The molecule has 0 aliphatic carbocycles. The van der Waals surface area contributed by atoms with Gasteiger partial charge in [0.1, 0.15) is 5.60 Å². The molecule has 0 bridgehead atoms. The molecule has 1 aliphatic heterocycles. The summed E-state index contributed by atoms with van der Waals surface area (Å²) in [7, 11) is -1.91. The lowest BCUT2D eigenvalue weighted by Gasteiger charge is -2.38. The Bertz CT molecular complexity index is 1350. The van der Waals surface area contributed by atoms with Gasteiger partial charge in [-0.15, -0.1) is 0 Å². The van der Waals surface area contributed by atoms with Crippen LogP contribution in [0.2, 0.25) is 18.6 Å². The molecule has 4 aromatic carbocycles. The number of carbonyl (C=O) groups excluding carboxylic acids is 2. The number of hydrogen-bond acceptors (Lipinski definition) is 3. The molecule has 0 saturated carbocycles. The van der Waals surface area contributed by atoms with Gasteiger partial charge >= 0.3 is 0 Å². The Hall–Kier alpha value is -3.80. The van der Waals surface area contributed by atoms with Crippen molar-refractivity contribution in [2.24, 2.45) is 0 Å². The lowest BCUT2D eigenvalue weighted by Crippen LogP contribution is -2.48. The first-order valence-electron chi connectivity index (χ1n) is 14.5. The Morgan fingerprint density at radius 2 is 1.24 bits per heavy atom. The second-order valence-corrected chi connectivity index (χ2v) is 16.6. The Morgan fingerprint density at radius 3 is 1.71 bits per heavy atom. The fraction of sp³-hybridized carbons (Fsp3) is 0.278. The second-order valence-electron chi connectivity index (χ2n) is 11.6. The van der Waals surface area contributed by atoms with Gasteiger partial charge in [0, 0.05) is 12.8 Å². The van der Waals surface area contributed by atoms with Crippen LogP contribution in [0.4, 0.5) is 0 Å². The van der Waals surface area contributed by atoms with Crippen molar-refractivity contribution < 1.29 is 14.3 Å². The average Bonchev–Trinajstić information content (AvgIpc) is 3.39.